The Balaban J connectivity index is 1.87. The van der Waals surface area contributed by atoms with Crippen molar-refractivity contribution in [2.75, 3.05) is 17.7 Å². The van der Waals surface area contributed by atoms with E-state index < -0.39 is 0 Å². The van der Waals surface area contributed by atoms with E-state index in [0.717, 1.165) is 0 Å². The van der Waals surface area contributed by atoms with Gasteiger partial charge in [-0.2, -0.15) is 10.1 Å². The molecule has 0 saturated heterocycles. The third kappa shape index (κ3) is 4.57. The molecule has 9 nitrogen and oxygen atoms in total. The second-order valence-corrected chi connectivity index (χ2v) is 5.94. The van der Waals surface area contributed by atoms with Gasteiger partial charge in [-0.3, -0.25) is 9.48 Å². The summed E-state index contributed by atoms with van der Waals surface area (Å²) in [5, 5.41) is 9.93. The van der Waals surface area contributed by atoms with Gasteiger partial charge in [0.05, 0.1) is 25.2 Å². The number of hydrogen-bond acceptors (Lipinski definition) is 7. The maximum absolute atomic E-state index is 11.5. The van der Waals surface area contributed by atoms with Crippen LogP contribution in [0.15, 0.2) is 49.4 Å². The van der Waals surface area contributed by atoms with Crippen LogP contribution in [0, 0.1) is 0 Å². The Labute approximate surface area is 166 Å². The van der Waals surface area contributed by atoms with Crippen LogP contribution in [0.25, 0.3) is 0 Å². The van der Waals surface area contributed by atoms with Gasteiger partial charge in [0, 0.05) is 25.0 Å². The summed E-state index contributed by atoms with van der Waals surface area (Å²) in [5.74, 6) is 0.806. The van der Waals surface area contributed by atoms with E-state index in [2.05, 4.69) is 32.3 Å². The van der Waals surface area contributed by atoms with E-state index in [9.17, 15) is 4.79 Å². The molecule has 10 heteroatoms. The van der Waals surface area contributed by atoms with Crippen LogP contribution < -0.4 is 20.1 Å². The lowest BCUT2D eigenvalue weighted by Gasteiger charge is -2.13. The second-order valence-electron chi connectivity index (χ2n) is 5.54. The minimum atomic E-state index is -0.348. The van der Waals surface area contributed by atoms with Crippen LogP contribution in [-0.4, -0.2) is 32.8 Å². The van der Waals surface area contributed by atoms with E-state index in [1.165, 1.54) is 19.4 Å². The number of aromatic nitrogens is 4. The number of aryl methyl sites for hydroxylation is 1. The molecule has 1 amide bonds. The smallest absolute Gasteiger partial charge is 0.247 e. The summed E-state index contributed by atoms with van der Waals surface area (Å²) in [6.07, 6.45) is 5.99. The van der Waals surface area contributed by atoms with Crippen LogP contribution in [-0.2, 0) is 11.8 Å². The minimum Gasteiger partial charge on any atom is -0.493 e. The standard InChI is InChI=1S/C18H17ClN6O3/c1-4-16(26)22-11-5-6-14(27-3)15(7-11)28-17-13(19)9-20-18(24-17)23-12-8-21-25(2)10-12/h4-10H,1H2,2-3H3,(H,22,26)(H,20,23,24). The zero-order valence-electron chi connectivity index (χ0n) is 15.1. The largest absolute Gasteiger partial charge is 0.493 e. The van der Waals surface area contributed by atoms with Gasteiger partial charge >= 0.3 is 0 Å². The van der Waals surface area contributed by atoms with Crippen LogP contribution in [0.5, 0.6) is 17.4 Å². The molecule has 3 aromatic rings. The Kier molecular flexibility index (Phi) is 5.75. The van der Waals surface area contributed by atoms with Gasteiger partial charge in [0.1, 0.15) is 5.02 Å². The molecule has 0 unspecified atom stereocenters. The van der Waals surface area contributed by atoms with Gasteiger partial charge < -0.3 is 20.1 Å². The fraction of sp³-hybridized carbons (Fsp3) is 0.111. The van der Waals surface area contributed by atoms with E-state index in [4.69, 9.17) is 21.1 Å². The molecule has 0 radical (unpaired) electrons. The van der Waals surface area contributed by atoms with Gasteiger partial charge in [0.2, 0.25) is 17.7 Å². The third-order valence-electron chi connectivity index (χ3n) is 3.50. The van der Waals surface area contributed by atoms with Crippen LogP contribution >= 0.6 is 11.6 Å². The number of benzene rings is 1. The van der Waals surface area contributed by atoms with Crippen molar-refractivity contribution < 1.29 is 14.3 Å². The van der Waals surface area contributed by atoms with Gasteiger partial charge in [-0.15, -0.1) is 0 Å². The fourth-order valence-electron chi connectivity index (χ4n) is 2.23. The summed E-state index contributed by atoms with van der Waals surface area (Å²) < 4.78 is 12.8. The SMILES string of the molecule is C=CC(=O)Nc1ccc(OC)c(Oc2nc(Nc3cnn(C)c3)ncc2Cl)c1. The quantitative estimate of drug-likeness (QED) is 0.584. The van der Waals surface area contributed by atoms with E-state index in [-0.39, 0.29) is 22.8 Å². The Morgan fingerprint density at radius 3 is 2.79 bits per heavy atom. The lowest BCUT2D eigenvalue weighted by molar-refractivity contribution is -0.111. The van der Waals surface area contributed by atoms with E-state index >= 15 is 0 Å². The van der Waals surface area contributed by atoms with Crippen LogP contribution in [0.2, 0.25) is 5.02 Å². The zero-order chi connectivity index (χ0) is 20.1. The molecule has 0 bridgehead atoms. The lowest BCUT2D eigenvalue weighted by Crippen LogP contribution is -2.07. The highest BCUT2D eigenvalue weighted by molar-refractivity contribution is 6.31. The lowest BCUT2D eigenvalue weighted by atomic mass is 10.2. The first kappa shape index (κ1) is 19.2. The van der Waals surface area contributed by atoms with Gasteiger partial charge in [-0.1, -0.05) is 18.2 Å². The molecule has 1 aromatic carbocycles. The molecule has 0 atom stereocenters. The van der Waals surface area contributed by atoms with Crippen LogP contribution in [0.4, 0.5) is 17.3 Å². The summed E-state index contributed by atoms with van der Waals surface area (Å²) in [6, 6.07) is 4.91. The summed E-state index contributed by atoms with van der Waals surface area (Å²) >= 11 is 6.18. The van der Waals surface area contributed by atoms with E-state index in [0.29, 0.717) is 22.9 Å². The molecule has 2 N–H and O–H groups in total. The van der Waals surface area contributed by atoms with Crippen LogP contribution in [0.1, 0.15) is 0 Å². The molecule has 0 fully saturated rings. The molecule has 0 aliphatic carbocycles. The van der Waals surface area contributed by atoms with E-state index in [1.54, 1.807) is 42.3 Å². The molecule has 144 valence electrons. The number of halogens is 1. The normalized spacial score (nSPS) is 10.2. The average molecular weight is 401 g/mol. The maximum atomic E-state index is 11.5. The van der Waals surface area contributed by atoms with Crippen molar-refractivity contribution in [3.63, 3.8) is 0 Å². The van der Waals surface area contributed by atoms with Crippen molar-refractivity contribution in [2.45, 2.75) is 0 Å². The molecular formula is C18H17ClN6O3. The number of carbonyl (C=O) groups is 1. The maximum Gasteiger partial charge on any atom is 0.247 e. The van der Waals surface area contributed by atoms with Gasteiger partial charge in [0.25, 0.3) is 0 Å². The van der Waals surface area contributed by atoms with Gasteiger partial charge in [-0.05, 0) is 18.2 Å². The zero-order valence-corrected chi connectivity index (χ0v) is 15.9. The van der Waals surface area contributed by atoms with Crippen molar-refractivity contribution in [2.24, 2.45) is 7.05 Å². The molecule has 2 heterocycles. The molecule has 28 heavy (non-hydrogen) atoms. The number of ether oxygens (including phenoxy) is 2. The number of anilines is 3. The Bertz CT molecular complexity index is 1020. The number of nitrogens with one attached hydrogen (secondary N) is 2. The van der Waals surface area contributed by atoms with Crippen molar-refractivity contribution in [1.29, 1.82) is 0 Å². The first-order valence-electron chi connectivity index (χ1n) is 8.06. The van der Waals surface area contributed by atoms with Crippen molar-refractivity contribution >= 4 is 34.8 Å². The highest BCUT2D eigenvalue weighted by Crippen LogP contribution is 2.36. The topological polar surface area (TPSA) is 103 Å². The van der Waals surface area contributed by atoms with Crippen molar-refractivity contribution in [1.82, 2.24) is 19.7 Å². The van der Waals surface area contributed by atoms with E-state index in [1.807, 2.05) is 0 Å². The number of carbonyl (C=O) groups excluding carboxylic acids is 1. The van der Waals surface area contributed by atoms with Crippen molar-refractivity contribution in [3.05, 3.63) is 54.5 Å². The number of rotatable bonds is 7. The third-order valence-corrected chi connectivity index (χ3v) is 3.76. The van der Waals surface area contributed by atoms with Crippen molar-refractivity contribution in [3.8, 4) is 17.4 Å². The molecule has 2 aromatic heterocycles. The number of nitrogens with zero attached hydrogens (tertiary/aromatic N) is 4. The first-order valence-corrected chi connectivity index (χ1v) is 8.44. The first-order chi connectivity index (χ1) is 13.5. The summed E-state index contributed by atoms with van der Waals surface area (Å²) in [7, 11) is 3.30. The molecule has 0 aliphatic heterocycles. The number of hydrogen-bond donors (Lipinski definition) is 2. The Morgan fingerprint density at radius 2 is 2.11 bits per heavy atom. The highest BCUT2D eigenvalue weighted by atomic mass is 35.5. The second kappa shape index (κ2) is 8.40. The molecule has 0 aliphatic rings. The Hall–Kier alpha value is -3.59. The predicted molar refractivity (Wildman–Crippen MR) is 105 cm³/mol. The average Bonchev–Trinajstić information content (AvgIpc) is 3.09. The number of amides is 1. The number of methoxy groups -OCH3 is 1. The molecule has 3 rings (SSSR count). The fourth-order valence-corrected chi connectivity index (χ4v) is 2.36. The summed E-state index contributed by atoms with van der Waals surface area (Å²) in [4.78, 5) is 19.9. The molecule has 0 spiro atoms. The predicted octanol–water partition coefficient (Wildman–Crippen LogP) is 3.53. The highest BCUT2D eigenvalue weighted by Gasteiger charge is 2.13. The summed E-state index contributed by atoms with van der Waals surface area (Å²) in [6.45, 7) is 3.42. The van der Waals surface area contributed by atoms with Gasteiger partial charge in [0.15, 0.2) is 11.5 Å². The van der Waals surface area contributed by atoms with Crippen LogP contribution in [0.3, 0.4) is 0 Å². The Morgan fingerprint density at radius 1 is 1.29 bits per heavy atom. The van der Waals surface area contributed by atoms with Gasteiger partial charge in [-0.25, -0.2) is 4.98 Å². The molecule has 0 saturated carbocycles. The molecular weight excluding hydrogens is 384 g/mol. The minimum absolute atomic E-state index is 0.119. The monoisotopic (exact) mass is 400 g/mol. The summed E-state index contributed by atoms with van der Waals surface area (Å²) in [5.41, 5.74) is 1.21.